The zero-order chi connectivity index (χ0) is 14.1. The highest BCUT2D eigenvalue weighted by Gasteiger charge is 2.25. The molecule has 20 heavy (non-hydrogen) atoms. The molecule has 0 atom stereocenters. The Morgan fingerprint density at radius 1 is 1.45 bits per heavy atom. The van der Waals surface area contributed by atoms with Gasteiger partial charge in [0.05, 0.1) is 12.6 Å². The van der Waals surface area contributed by atoms with Crippen molar-refractivity contribution in [3.8, 4) is 5.88 Å². The van der Waals surface area contributed by atoms with Crippen molar-refractivity contribution in [3.63, 3.8) is 0 Å². The smallest absolute Gasteiger partial charge is 0.358 e. The third-order valence-corrected chi connectivity index (χ3v) is 3.75. The van der Waals surface area contributed by atoms with Gasteiger partial charge in [-0.15, -0.1) is 0 Å². The summed E-state index contributed by atoms with van der Waals surface area (Å²) in [6.07, 6.45) is 1.88. The van der Waals surface area contributed by atoms with Crippen LogP contribution < -0.4 is 5.32 Å². The van der Waals surface area contributed by atoms with E-state index in [1.54, 1.807) is 22.6 Å². The van der Waals surface area contributed by atoms with Gasteiger partial charge in [-0.3, -0.25) is 4.40 Å². The average molecular weight is 275 g/mol. The van der Waals surface area contributed by atoms with Crippen LogP contribution in [0.15, 0.2) is 18.2 Å². The molecular formula is C14H17N3O3. The topological polar surface area (TPSA) is 75.9 Å². The van der Waals surface area contributed by atoms with Gasteiger partial charge in [-0.25, -0.2) is 9.78 Å². The Bertz CT molecular complexity index is 644. The van der Waals surface area contributed by atoms with Crippen molar-refractivity contribution < 1.29 is 14.6 Å². The highest BCUT2D eigenvalue weighted by Crippen LogP contribution is 2.29. The number of piperidine rings is 1. The average Bonchev–Trinajstić information content (AvgIpc) is 2.88. The van der Waals surface area contributed by atoms with E-state index in [0.717, 1.165) is 31.8 Å². The first kappa shape index (κ1) is 12.9. The summed E-state index contributed by atoms with van der Waals surface area (Å²) in [6.45, 7) is 1.83. The van der Waals surface area contributed by atoms with Crippen LogP contribution >= 0.6 is 0 Å². The van der Waals surface area contributed by atoms with Gasteiger partial charge >= 0.3 is 5.97 Å². The van der Waals surface area contributed by atoms with E-state index in [1.807, 2.05) is 0 Å². The highest BCUT2D eigenvalue weighted by atomic mass is 16.5. The summed E-state index contributed by atoms with van der Waals surface area (Å²) < 4.78 is 6.43. The van der Waals surface area contributed by atoms with Crippen molar-refractivity contribution in [1.29, 1.82) is 0 Å². The second-order valence-electron chi connectivity index (χ2n) is 4.94. The quantitative estimate of drug-likeness (QED) is 0.808. The lowest BCUT2D eigenvalue weighted by molar-refractivity contribution is 0.0596. The van der Waals surface area contributed by atoms with Crippen LogP contribution in [-0.2, 0) is 4.74 Å². The summed E-state index contributed by atoms with van der Waals surface area (Å²) in [5, 5.41) is 13.4. The molecular weight excluding hydrogens is 258 g/mol. The van der Waals surface area contributed by atoms with Gasteiger partial charge in [0.25, 0.3) is 0 Å². The van der Waals surface area contributed by atoms with E-state index in [1.165, 1.54) is 7.11 Å². The summed E-state index contributed by atoms with van der Waals surface area (Å²) in [5.74, 6) is 0.586. The fourth-order valence-electron chi connectivity index (χ4n) is 2.75. The molecule has 0 amide bonds. The number of hydrogen-bond acceptors (Lipinski definition) is 5. The molecule has 2 N–H and O–H groups in total. The molecule has 3 heterocycles. The number of nitrogens with one attached hydrogen (secondary N) is 1. The first-order valence-electron chi connectivity index (χ1n) is 6.71. The Labute approximate surface area is 116 Å². The number of methoxy groups -OCH3 is 1. The molecule has 0 spiro atoms. The number of carbonyl (C=O) groups excluding carboxylic acids is 1. The number of fused-ring (bicyclic) bond motifs is 1. The second kappa shape index (κ2) is 5.13. The maximum absolute atomic E-state index is 11.8. The first-order chi connectivity index (χ1) is 9.72. The molecule has 1 saturated heterocycles. The molecule has 0 aromatic carbocycles. The Balaban J connectivity index is 2.18. The Hall–Kier alpha value is -2.08. The number of hydrogen-bond donors (Lipinski definition) is 2. The molecule has 2 aromatic rings. The van der Waals surface area contributed by atoms with Gasteiger partial charge in [-0.2, -0.15) is 0 Å². The van der Waals surface area contributed by atoms with Gasteiger partial charge in [0, 0.05) is 5.92 Å². The molecule has 2 aromatic heterocycles. The summed E-state index contributed by atoms with van der Waals surface area (Å²) in [4.78, 5) is 16.3. The summed E-state index contributed by atoms with van der Waals surface area (Å²) in [5.41, 5.74) is 0.849. The maximum Gasteiger partial charge on any atom is 0.358 e. The molecule has 6 nitrogen and oxygen atoms in total. The number of rotatable bonds is 2. The minimum absolute atomic E-state index is 0.0960. The van der Waals surface area contributed by atoms with Gasteiger partial charge in [0.2, 0.25) is 0 Å². The van der Waals surface area contributed by atoms with Gasteiger partial charge in [-0.05, 0) is 38.1 Å². The number of esters is 1. The van der Waals surface area contributed by atoms with E-state index >= 15 is 0 Å². The number of imidazole rings is 1. The van der Waals surface area contributed by atoms with E-state index in [2.05, 4.69) is 10.3 Å². The third kappa shape index (κ3) is 2.02. The SMILES string of the molecule is COC(=O)c1nc(C2CCNCC2)n2c(O)cccc12. The molecule has 0 unspecified atom stereocenters. The van der Waals surface area contributed by atoms with Crippen molar-refractivity contribution in [2.75, 3.05) is 20.2 Å². The van der Waals surface area contributed by atoms with Crippen LogP contribution in [0.1, 0.15) is 35.1 Å². The molecule has 0 saturated carbocycles. The standard InChI is InChI=1S/C14H17N3O3/c1-20-14(19)12-10-3-2-4-11(18)17(10)13(16-12)9-5-7-15-8-6-9/h2-4,9,15,18H,5-8H2,1H3. The summed E-state index contributed by atoms with van der Waals surface area (Å²) >= 11 is 0. The first-order valence-corrected chi connectivity index (χ1v) is 6.71. The highest BCUT2D eigenvalue weighted by molar-refractivity contribution is 5.95. The lowest BCUT2D eigenvalue weighted by Gasteiger charge is -2.21. The molecule has 106 valence electrons. The zero-order valence-electron chi connectivity index (χ0n) is 11.3. The number of aromatic hydroxyl groups is 1. The lowest BCUT2D eigenvalue weighted by Crippen LogP contribution is -2.27. The van der Waals surface area contributed by atoms with Gasteiger partial charge in [0.1, 0.15) is 5.82 Å². The molecule has 1 fully saturated rings. The van der Waals surface area contributed by atoms with Crippen molar-refractivity contribution in [2.24, 2.45) is 0 Å². The van der Waals surface area contributed by atoms with E-state index in [-0.39, 0.29) is 17.5 Å². The fourth-order valence-corrected chi connectivity index (χ4v) is 2.75. The van der Waals surface area contributed by atoms with Crippen LogP contribution in [-0.4, -0.2) is 40.7 Å². The van der Waals surface area contributed by atoms with E-state index in [0.29, 0.717) is 5.52 Å². The third-order valence-electron chi connectivity index (χ3n) is 3.75. The minimum Gasteiger partial charge on any atom is -0.494 e. The summed E-state index contributed by atoms with van der Waals surface area (Å²) in [6, 6.07) is 5.06. The predicted octanol–water partition coefficient (Wildman–Crippen LogP) is 1.29. The van der Waals surface area contributed by atoms with Crippen LogP contribution in [0, 0.1) is 0 Å². The monoisotopic (exact) mass is 275 g/mol. The molecule has 0 aliphatic carbocycles. The second-order valence-corrected chi connectivity index (χ2v) is 4.94. The minimum atomic E-state index is -0.478. The Kier molecular flexibility index (Phi) is 3.31. The molecule has 0 bridgehead atoms. The molecule has 0 radical (unpaired) electrons. The predicted molar refractivity (Wildman–Crippen MR) is 73.0 cm³/mol. The van der Waals surface area contributed by atoms with Crippen LogP contribution in [0.2, 0.25) is 0 Å². The number of nitrogens with zero attached hydrogens (tertiary/aromatic N) is 2. The normalized spacial score (nSPS) is 16.4. The fraction of sp³-hybridized carbons (Fsp3) is 0.429. The van der Waals surface area contributed by atoms with Crippen LogP contribution in [0.4, 0.5) is 0 Å². The zero-order valence-corrected chi connectivity index (χ0v) is 11.3. The van der Waals surface area contributed by atoms with Crippen molar-refractivity contribution in [3.05, 3.63) is 29.7 Å². The van der Waals surface area contributed by atoms with Crippen molar-refractivity contribution in [1.82, 2.24) is 14.7 Å². The number of aromatic nitrogens is 2. The molecule has 1 aliphatic heterocycles. The van der Waals surface area contributed by atoms with Crippen molar-refractivity contribution >= 4 is 11.5 Å². The molecule has 3 rings (SSSR count). The molecule has 6 heteroatoms. The Morgan fingerprint density at radius 2 is 2.20 bits per heavy atom. The Morgan fingerprint density at radius 3 is 2.90 bits per heavy atom. The van der Waals surface area contributed by atoms with E-state index in [9.17, 15) is 9.90 Å². The van der Waals surface area contributed by atoms with E-state index < -0.39 is 5.97 Å². The largest absolute Gasteiger partial charge is 0.494 e. The van der Waals surface area contributed by atoms with Gasteiger partial charge in [-0.1, -0.05) is 6.07 Å². The number of pyridine rings is 1. The van der Waals surface area contributed by atoms with Crippen LogP contribution in [0.3, 0.4) is 0 Å². The van der Waals surface area contributed by atoms with Gasteiger partial charge < -0.3 is 15.2 Å². The lowest BCUT2D eigenvalue weighted by atomic mass is 9.97. The summed E-state index contributed by atoms with van der Waals surface area (Å²) in [7, 11) is 1.33. The van der Waals surface area contributed by atoms with E-state index in [4.69, 9.17) is 4.74 Å². The van der Waals surface area contributed by atoms with Crippen molar-refractivity contribution in [2.45, 2.75) is 18.8 Å². The van der Waals surface area contributed by atoms with Crippen LogP contribution in [0.5, 0.6) is 5.88 Å². The van der Waals surface area contributed by atoms with Gasteiger partial charge in [0.15, 0.2) is 11.6 Å². The molecule has 1 aliphatic rings. The van der Waals surface area contributed by atoms with Crippen LogP contribution in [0.25, 0.3) is 5.52 Å². The number of carbonyl (C=O) groups is 1. The maximum atomic E-state index is 11.8. The number of ether oxygens (including phenoxy) is 1.